The highest BCUT2D eigenvalue weighted by Gasteiger charge is 2.23. The maximum Gasteiger partial charge on any atom is 0.234 e. The van der Waals surface area contributed by atoms with Crippen LogP contribution in [-0.4, -0.2) is 37.6 Å². The van der Waals surface area contributed by atoms with E-state index in [-0.39, 0.29) is 5.91 Å². The van der Waals surface area contributed by atoms with Gasteiger partial charge in [0, 0.05) is 19.6 Å². The van der Waals surface area contributed by atoms with Crippen molar-refractivity contribution in [3.8, 4) is 11.5 Å². The second-order valence-corrected chi connectivity index (χ2v) is 8.18. The number of piperidine rings is 1. The lowest BCUT2D eigenvalue weighted by Crippen LogP contribution is -2.44. The van der Waals surface area contributed by atoms with Crippen molar-refractivity contribution in [2.24, 2.45) is 11.8 Å². The summed E-state index contributed by atoms with van der Waals surface area (Å²) in [5.41, 5.74) is 2.09. The number of rotatable bonds is 8. The molecule has 2 atom stereocenters. The highest BCUT2D eigenvalue weighted by atomic mass is 16.5. The molecule has 1 saturated heterocycles. The molecule has 0 spiro atoms. The monoisotopic (exact) mass is 396 g/mol. The maximum absolute atomic E-state index is 12.4. The van der Waals surface area contributed by atoms with E-state index < -0.39 is 0 Å². The van der Waals surface area contributed by atoms with Gasteiger partial charge in [-0.1, -0.05) is 50.2 Å². The third-order valence-corrected chi connectivity index (χ3v) is 5.27. The lowest BCUT2D eigenvalue weighted by molar-refractivity contribution is -0.123. The van der Waals surface area contributed by atoms with Crippen LogP contribution in [0.3, 0.4) is 0 Å². The van der Waals surface area contributed by atoms with E-state index in [9.17, 15) is 4.79 Å². The van der Waals surface area contributed by atoms with Crippen LogP contribution in [0.15, 0.2) is 48.5 Å². The minimum atomic E-state index is 0.0645. The lowest BCUT2D eigenvalue weighted by Gasteiger charge is -2.34. The van der Waals surface area contributed by atoms with Gasteiger partial charge in [-0.25, -0.2) is 0 Å². The first-order valence-electron chi connectivity index (χ1n) is 10.4. The average molecular weight is 397 g/mol. The van der Waals surface area contributed by atoms with Crippen LogP contribution in [0.2, 0.25) is 0 Å². The van der Waals surface area contributed by atoms with Crippen molar-refractivity contribution >= 4 is 5.91 Å². The number of carbonyl (C=O) groups excluding carboxylic acids is 1. The smallest absolute Gasteiger partial charge is 0.234 e. The summed E-state index contributed by atoms with van der Waals surface area (Å²) in [4.78, 5) is 14.6. The average Bonchev–Trinajstić information content (AvgIpc) is 2.71. The van der Waals surface area contributed by atoms with E-state index >= 15 is 0 Å². The number of nitrogens with zero attached hydrogens (tertiary/aromatic N) is 1. The molecule has 1 heterocycles. The molecule has 1 fully saturated rings. The molecule has 0 aliphatic carbocycles. The number of methoxy groups -OCH3 is 1. The van der Waals surface area contributed by atoms with Crippen LogP contribution in [0.4, 0.5) is 0 Å². The van der Waals surface area contributed by atoms with E-state index in [1.165, 1.54) is 6.42 Å². The van der Waals surface area contributed by atoms with Gasteiger partial charge in [0.05, 0.1) is 13.7 Å². The van der Waals surface area contributed by atoms with Gasteiger partial charge < -0.3 is 14.8 Å². The highest BCUT2D eigenvalue weighted by Crippen LogP contribution is 2.29. The van der Waals surface area contributed by atoms with E-state index in [2.05, 4.69) is 24.1 Å². The van der Waals surface area contributed by atoms with Crippen molar-refractivity contribution in [1.29, 1.82) is 0 Å². The molecule has 29 heavy (non-hydrogen) atoms. The van der Waals surface area contributed by atoms with E-state index in [0.717, 1.165) is 24.2 Å². The summed E-state index contributed by atoms with van der Waals surface area (Å²) in [6.45, 7) is 7.94. The van der Waals surface area contributed by atoms with Gasteiger partial charge in [-0.05, 0) is 41.5 Å². The largest absolute Gasteiger partial charge is 0.493 e. The zero-order valence-corrected chi connectivity index (χ0v) is 17.7. The number of nitrogens with one attached hydrogen (secondary N) is 1. The number of hydrogen-bond acceptors (Lipinski definition) is 4. The summed E-state index contributed by atoms with van der Waals surface area (Å²) in [7, 11) is 1.63. The van der Waals surface area contributed by atoms with Crippen LogP contribution in [0.25, 0.3) is 0 Å². The van der Waals surface area contributed by atoms with Crippen LogP contribution < -0.4 is 14.8 Å². The first kappa shape index (κ1) is 21.2. The molecule has 1 aliphatic heterocycles. The summed E-state index contributed by atoms with van der Waals surface area (Å²) in [5, 5.41) is 3.03. The molecule has 5 nitrogen and oxygen atoms in total. The molecule has 1 N–H and O–H groups in total. The number of hydrogen-bond donors (Lipinski definition) is 1. The van der Waals surface area contributed by atoms with Gasteiger partial charge in [-0.3, -0.25) is 9.69 Å². The third kappa shape index (κ3) is 6.50. The molecule has 0 aromatic heterocycles. The van der Waals surface area contributed by atoms with Crippen LogP contribution in [0.5, 0.6) is 11.5 Å². The fraction of sp³-hybridized carbons (Fsp3) is 0.458. The van der Waals surface area contributed by atoms with Gasteiger partial charge in [0.15, 0.2) is 11.5 Å². The van der Waals surface area contributed by atoms with Crippen molar-refractivity contribution in [2.75, 3.05) is 26.7 Å². The van der Waals surface area contributed by atoms with Crippen molar-refractivity contribution in [2.45, 2.75) is 33.4 Å². The van der Waals surface area contributed by atoms with Crippen molar-refractivity contribution < 1.29 is 14.3 Å². The van der Waals surface area contributed by atoms with Gasteiger partial charge in [-0.2, -0.15) is 0 Å². The van der Waals surface area contributed by atoms with Gasteiger partial charge in [-0.15, -0.1) is 0 Å². The van der Waals surface area contributed by atoms with Gasteiger partial charge in [0.1, 0.15) is 6.61 Å². The zero-order valence-electron chi connectivity index (χ0n) is 17.7. The summed E-state index contributed by atoms with van der Waals surface area (Å²) in [6.07, 6.45) is 1.25. The van der Waals surface area contributed by atoms with Crippen LogP contribution in [0.1, 0.15) is 31.4 Å². The predicted octanol–water partition coefficient (Wildman–Crippen LogP) is 3.87. The van der Waals surface area contributed by atoms with Gasteiger partial charge in [0.25, 0.3) is 0 Å². The molecular formula is C24H32N2O3. The van der Waals surface area contributed by atoms with Crippen LogP contribution >= 0.6 is 0 Å². The second-order valence-electron chi connectivity index (χ2n) is 8.18. The maximum atomic E-state index is 12.4. The Labute approximate surface area is 174 Å². The Kier molecular flexibility index (Phi) is 7.53. The fourth-order valence-corrected chi connectivity index (χ4v) is 4.06. The Hall–Kier alpha value is -2.53. The topological polar surface area (TPSA) is 50.8 Å². The Morgan fingerprint density at radius 3 is 2.45 bits per heavy atom. The minimum absolute atomic E-state index is 0.0645. The molecule has 1 amide bonds. The molecule has 0 bridgehead atoms. The van der Waals surface area contributed by atoms with Crippen molar-refractivity contribution in [3.63, 3.8) is 0 Å². The standard InChI is InChI=1S/C24H32N2O3/c1-18-11-19(2)15-26(14-18)16-24(27)25-13-21-9-10-22(23(12-21)28-3)29-17-20-7-5-4-6-8-20/h4-10,12,18-19H,11,13-17H2,1-3H3,(H,25,27)/t18-,19+. The molecule has 2 aromatic rings. The first-order valence-corrected chi connectivity index (χ1v) is 10.4. The number of benzene rings is 2. The Balaban J connectivity index is 1.51. The molecule has 3 rings (SSSR count). The lowest BCUT2D eigenvalue weighted by atomic mass is 9.92. The van der Waals surface area contributed by atoms with E-state index in [1.54, 1.807) is 7.11 Å². The van der Waals surface area contributed by atoms with Crippen LogP contribution in [0, 0.1) is 11.8 Å². The van der Waals surface area contributed by atoms with E-state index in [0.29, 0.717) is 43.0 Å². The number of carbonyl (C=O) groups is 1. The van der Waals surface area contributed by atoms with E-state index in [4.69, 9.17) is 9.47 Å². The molecular weight excluding hydrogens is 364 g/mol. The summed E-state index contributed by atoms with van der Waals surface area (Å²) in [6, 6.07) is 15.8. The van der Waals surface area contributed by atoms with Gasteiger partial charge in [0.2, 0.25) is 5.91 Å². The number of amides is 1. The summed E-state index contributed by atoms with van der Waals surface area (Å²) < 4.78 is 11.4. The molecule has 5 heteroatoms. The second kappa shape index (κ2) is 10.3. The summed E-state index contributed by atoms with van der Waals surface area (Å²) >= 11 is 0. The molecule has 0 radical (unpaired) electrons. The number of ether oxygens (including phenoxy) is 2. The predicted molar refractivity (Wildman–Crippen MR) is 115 cm³/mol. The molecule has 0 saturated carbocycles. The molecule has 0 unspecified atom stereocenters. The van der Waals surface area contributed by atoms with Crippen molar-refractivity contribution in [3.05, 3.63) is 59.7 Å². The first-order chi connectivity index (χ1) is 14.0. The molecule has 2 aromatic carbocycles. The highest BCUT2D eigenvalue weighted by molar-refractivity contribution is 5.78. The van der Waals surface area contributed by atoms with Crippen molar-refractivity contribution in [1.82, 2.24) is 10.2 Å². The number of likely N-dealkylation sites (tertiary alicyclic amines) is 1. The molecule has 156 valence electrons. The van der Waals surface area contributed by atoms with Gasteiger partial charge >= 0.3 is 0 Å². The third-order valence-electron chi connectivity index (χ3n) is 5.27. The normalized spacial score (nSPS) is 19.6. The van der Waals surface area contributed by atoms with E-state index in [1.807, 2.05) is 48.5 Å². The van der Waals surface area contributed by atoms with Crippen LogP contribution in [-0.2, 0) is 17.9 Å². The summed E-state index contributed by atoms with van der Waals surface area (Å²) in [5.74, 6) is 2.74. The Morgan fingerprint density at radius 2 is 1.76 bits per heavy atom. The minimum Gasteiger partial charge on any atom is -0.493 e. The quantitative estimate of drug-likeness (QED) is 0.736. The fourth-order valence-electron chi connectivity index (χ4n) is 4.06. The Morgan fingerprint density at radius 1 is 1.03 bits per heavy atom. The SMILES string of the molecule is COc1cc(CNC(=O)CN2C[C@H](C)C[C@H](C)C2)ccc1OCc1ccccc1. The zero-order chi connectivity index (χ0) is 20.6. The molecule has 1 aliphatic rings. The Bertz CT molecular complexity index is 784.